The van der Waals surface area contributed by atoms with Gasteiger partial charge in [-0.1, -0.05) is 30.3 Å². The first-order valence-corrected chi connectivity index (χ1v) is 5.78. The van der Waals surface area contributed by atoms with Gasteiger partial charge in [-0.25, -0.2) is 4.79 Å². The fraction of sp³-hybridized carbons (Fsp3) is 0.0714. The maximum atomic E-state index is 10.8. The number of carbonyl (C=O) groups is 1. The van der Waals surface area contributed by atoms with Crippen LogP contribution in [0.1, 0.15) is 11.1 Å². The van der Waals surface area contributed by atoms with Crippen LogP contribution in [-0.4, -0.2) is 16.2 Å². The Balaban J connectivity index is 2.38. The second-order valence-electron chi connectivity index (χ2n) is 4.08. The number of carboxylic acid groups (broad SMARTS) is 1. The second-order valence-corrected chi connectivity index (χ2v) is 4.08. The molecule has 0 saturated heterocycles. The van der Waals surface area contributed by atoms with Crippen molar-refractivity contribution in [3.05, 3.63) is 69.8 Å². The largest absolute Gasteiger partial charge is 0.511 e. The Morgan fingerprint density at radius 2 is 1.90 bits per heavy atom. The van der Waals surface area contributed by atoms with Gasteiger partial charge in [0, 0.05) is 24.1 Å². The van der Waals surface area contributed by atoms with Gasteiger partial charge in [0.15, 0.2) is 0 Å². The van der Waals surface area contributed by atoms with E-state index in [1.807, 2.05) is 30.3 Å². The van der Waals surface area contributed by atoms with E-state index in [0.717, 1.165) is 5.56 Å². The molecule has 20 heavy (non-hydrogen) atoms. The zero-order valence-electron chi connectivity index (χ0n) is 10.4. The van der Waals surface area contributed by atoms with Gasteiger partial charge in [0.2, 0.25) is 0 Å². The van der Waals surface area contributed by atoms with Crippen LogP contribution in [0.2, 0.25) is 0 Å². The molecule has 2 aromatic carbocycles. The number of rotatable bonds is 4. The van der Waals surface area contributed by atoms with Crippen molar-refractivity contribution in [2.45, 2.75) is 6.42 Å². The summed E-state index contributed by atoms with van der Waals surface area (Å²) in [5, 5.41) is 19.5. The van der Waals surface area contributed by atoms with E-state index in [1.165, 1.54) is 18.2 Å². The number of benzene rings is 2. The third kappa shape index (κ3) is 3.32. The molecule has 0 aromatic heterocycles. The van der Waals surface area contributed by atoms with E-state index < -0.39 is 11.1 Å². The van der Waals surface area contributed by atoms with Crippen molar-refractivity contribution < 1.29 is 19.6 Å². The number of hydrogen-bond donors (Lipinski definition) is 1. The van der Waals surface area contributed by atoms with Crippen molar-refractivity contribution >= 4 is 11.8 Å². The molecule has 102 valence electrons. The van der Waals surface area contributed by atoms with Crippen LogP contribution in [0.25, 0.3) is 0 Å². The number of ether oxygens (including phenoxy) is 1. The van der Waals surface area contributed by atoms with Crippen LogP contribution < -0.4 is 4.74 Å². The van der Waals surface area contributed by atoms with E-state index in [0.29, 0.717) is 12.0 Å². The molecule has 0 bridgehead atoms. The molecular formula is C14H11NO5. The molecule has 6 nitrogen and oxygen atoms in total. The SMILES string of the molecule is O=C(O)Oc1ccc([N+](=O)[O-])cc1Cc1ccccc1. The van der Waals surface area contributed by atoms with Gasteiger partial charge in [-0.15, -0.1) is 0 Å². The lowest BCUT2D eigenvalue weighted by atomic mass is 10.0. The van der Waals surface area contributed by atoms with Crippen LogP contribution >= 0.6 is 0 Å². The summed E-state index contributed by atoms with van der Waals surface area (Å²) in [4.78, 5) is 20.9. The topological polar surface area (TPSA) is 89.7 Å². The van der Waals surface area contributed by atoms with Gasteiger partial charge in [0.25, 0.3) is 5.69 Å². The molecule has 0 atom stereocenters. The Labute approximate surface area is 114 Å². The first kappa shape index (κ1) is 13.5. The molecule has 0 fully saturated rings. The highest BCUT2D eigenvalue weighted by Gasteiger charge is 2.14. The van der Waals surface area contributed by atoms with Gasteiger partial charge in [0.1, 0.15) is 5.75 Å². The van der Waals surface area contributed by atoms with Crippen LogP contribution in [0.15, 0.2) is 48.5 Å². The zero-order chi connectivity index (χ0) is 14.5. The van der Waals surface area contributed by atoms with Gasteiger partial charge >= 0.3 is 6.16 Å². The molecule has 2 rings (SSSR count). The van der Waals surface area contributed by atoms with E-state index in [1.54, 1.807) is 0 Å². The Kier molecular flexibility index (Phi) is 3.95. The van der Waals surface area contributed by atoms with E-state index in [9.17, 15) is 14.9 Å². The summed E-state index contributed by atoms with van der Waals surface area (Å²) < 4.78 is 4.65. The lowest BCUT2D eigenvalue weighted by Gasteiger charge is -2.08. The Morgan fingerprint density at radius 1 is 1.20 bits per heavy atom. The van der Waals surface area contributed by atoms with Crippen molar-refractivity contribution in [3.63, 3.8) is 0 Å². The van der Waals surface area contributed by atoms with Gasteiger partial charge in [0.05, 0.1) is 4.92 Å². The van der Waals surface area contributed by atoms with Gasteiger partial charge in [-0.05, 0) is 11.6 Å². The molecule has 0 unspecified atom stereocenters. The van der Waals surface area contributed by atoms with E-state index in [4.69, 9.17) is 5.11 Å². The number of nitrogens with zero attached hydrogens (tertiary/aromatic N) is 1. The van der Waals surface area contributed by atoms with Crippen molar-refractivity contribution in [1.82, 2.24) is 0 Å². The second kappa shape index (κ2) is 5.83. The number of nitro groups is 1. The third-order valence-corrected chi connectivity index (χ3v) is 2.69. The van der Waals surface area contributed by atoms with Crippen LogP contribution in [-0.2, 0) is 6.42 Å². The maximum Gasteiger partial charge on any atom is 0.511 e. The molecular weight excluding hydrogens is 262 g/mol. The summed E-state index contributed by atoms with van der Waals surface area (Å²) >= 11 is 0. The average Bonchev–Trinajstić information content (AvgIpc) is 2.41. The predicted octanol–water partition coefficient (Wildman–Crippen LogP) is 3.24. The molecule has 0 spiro atoms. The van der Waals surface area contributed by atoms with Crippen LogP contribution in [0, 0.1) is 10.1 Å². The maximum absolute atomic E-state index is 10.8. The highest BCUT2D eigenvalue weighted by Crippen LogP contribution is 2.26. The minimum absolute atomic E-state index is 0.103. The minimum atomic E-state index is -1.45. The normalized spacial score (nSPS) is 10.0. The highest BCUT2D eigenvalue weighted by atomic mass is 16.7. The molecule has 6 heteroatoms. The fourth-order valence-corrected chi connectivity index (χ4v) is 1.83. The Hall–Kier alpha value is -2.89. The molecule has 0 heterocycles. The highest BCUT2D eigenvalue weighted by molar-refractivity contribution is 5.63. The van der Waals surface area contributed by atoms with Crippen molar-refractivity contribution in [3.8, 4) is 5.75 Å². The zero-order valence-corrected chi connectivity index (χ0v) is 10.4. The Morgan fingerprint density at radius 3 is 2.50 bits per heavy atom. The molecule has 0 aliphatic heterocycles. The van der Waals surface area contributed by atoms with Crippen molar-refractivity contribution in [1.29, 1.82) is 0 Å². The standard InChI is InChI=1S/C14H11NO5/c16-14(17)20-13-7-6-12(15(18)19)9-11(13)8-10-4-2-1-3-5-10/h1-7,9H,8H2,(H,16,17). The molecule has 2 aromatic rings. The van der Waals surface area contributed by atoms with Crippen LogP contribution in [0.4, 0.5) is 10.5 Å². The smallest absolute Gasteiger partial charge is 0.449 e. The lowest BCUT2D eigenvalue weighted by Crippen LogP contribution is -2.06. The number of hydrogen-bond acceptors (Lipinski definition) is 4. The monoisotopic (exact) mass is 273 g/mol. The summed E-state index contributed by atoms with van der Waals surface area (Å²) in [6.07, 6.45) is -1.10. The minimum Gasteiger partial charge on any atom is -0.449 e. The first-order chi connectivity index (χ1) is 9.56. The molecule has 0 amide bonds. The third-order valence-electron chi connectivity index (χ3n) is 2.69. The fourth-order valence-electron chi connectivity index (χ4n) is 1.83. The summed E-state index contributed by atoms with van der Waals surface area (Å²) in [5.41, 5.74) is 1.25. The van der Waals surface area contributed by atoms with Gasteiger partial charge in [-0.2, -0.15) is 0 Å². The van der Waals surface area contributed by atoms with Crippen LogP contribution in [0.3, 0.4) is 0 Å². The molecule has 1 N–H and O–H groups in total. The van der Waals surface area contributed by atoms with Crippen molar-refractivity contribution in [2.24, 2.45) is 0 Å². The molecule has 0 saturated carbocycles. The Bertz CT molecular complexity index is 639. The number of non-ortho nitro benzene ring substituents is 1. The van der Waals surface area contributed by atoms with Gasteiger partial charge < -0.3 is 9.84 Å². The number of nitro benzene ring substituents is 1. The summed E-state index contributed by atoms with van der Waals surface area (Å²) in [5.74, 6) is 0.104. The quantitative estimate of drug-likeness (QED) is 0.399. The van der Waals surface area contributed by atoms with E-state index in [2.05, 4.69) is 4.74 Å². The predicted molar refractivity (Wildman–Crippen MR) is 71.0 cm³/mol. The van der Waals surface area contributed by atoms with E-state index in [-0.39, 0.29) is 11.4 Å². The summed E-state index contributed by atoms with van der Waals surface area (Å²) in [7, 11) is 0. The molecule has 0 aliphatic carbocycles. The average molecular weight is 273 g/mol. The van der Waals surface area contributed by atoms with Crippen LogP contribution in [0.5, 0.6) is 5.75 Å². The summed E-state index contributed by atoms with van der Waals surface area (Å²) in [6.45, 7) is 0. The molecule has 0 aliphatic rings. The first-order valence-electron chi connectivity index (χ1n) is 5.78. The van der Waals surface area contributed by atoms with Crippen molar-refractivity contribution in [2.75, 3.05) is 0 Å². The van der Waals surface area contributed by atoms with Gasteiger partial charge in [-0.3, -0.25) is 10.1 Å². The molecule has 0 radical (unpaired) electrons. The van der Waals surface area contributed by atoms with E-state index >= 15 is 0 Å². The summed E-state index contributed by atoms with van der Waals surface area (Å²) in [6, 6.07) is 13.1. The lowest BCUT2D eigenvalue weighted by molar-refractivity contribution is -0.384.